The zero-order valence-corrected chi connectivity index (χ0v) is 20.7. The number of hydrogen-bond donors (Lipinski definition) is 1. The van der Waals surface area contributed by atoms with Crippen LogP contribution in [0.25, 0.3) is 0 Å². The molecule has 0 saturated heterocycles. The lowest BCUT2D eigenvalue weighted by molar-refractivity contribution is -0.0427. The molecule has 0 radical (unpaired) electrons. The third kappa shape index (κ3) is 3.66. The highest BCUT2D eigenvalue weighted by Crippen LogP contribution is 2.67. The number of allylic oxidation sites excluding steroid dienone is 4. The molecule has 30 heavy (non-hydrogen) atoms. The Morgan fingerprint density at radius 1 is 1.07 bits per heavy atom. The van der Waals surface area contributed by atoms with Crippen molar-refractivity contribution < 1.29 is 5.11 Å². The molecule has 1 N–H and O–H groups in total. The molecule has 1 heteroatoms. The van der Waals surface area contributed by atoms with Crippen LogP contribution in [0.1, 0.15) is 106 Å². The van der Waals surface area contributed by atoms with Gasteiger partial charge in [0.1, 0.15) is 0 Å². The van der Waals surface area contributed by atoms with Crippen molar-refractivity contribution in [2.75, 3.05) is 0 Å². The molecule has 0 amide bonds. The van der Waals surface area contributed by atoms with Crippen molar-refractivity contribution in [3.05, 3.63) is 23.3 Å². The summed E-state index contributed by atoms with van der Waals surface area (Å²) in [6.45, 7) is 14.7. The third-order valence-electron chi connectivity index (χ3n) is 10.8. The molecule has 0 aromatic rings. The van der Waals surface area contributed by atoms with Gasteiger partial charge in [0, 0.05) is 0 Å². The molecule has 0 unspecified atom stereocenters. The second-order valence-electron chi connectivity index (χ2n) is 12.4. The zero-order chi connectivity index (χ0) is 21.7. The van der Waals surface area contributed by atoms with E-state index in [4.69, 9.17) is 0 Å². The Balaban J connectivity index is 1.50. The second kappa shape index (κ2) is 8.42. The molecule has 0 spiro atoms. The van der Waals surface area contributed by atoms with Crippen LogP contribution < -0.4 is 0 Å². The first kappa shape index (κ1) is 22.6. The van der Waals surface area contributed by atoms with Crippen LogP contribution in [0.15, 0.2) is 23.3 Å². The molecular formula is C29H48O. The van der Waals surface area contributed by atoms with E-state index in [1.165, 1.54) is 51.4 Å². The van der Waals surface area contributed by atoms with Crippen molar-refractivity contribution in [1.82, 2.24) is 0 Å². The van der Waals surface area contributed by atoms with E-state index in [1.54, 1.807) is 5.57 Å². The Kier molecular flexibility index (Phi) is 6.35. The molecule has 4 aliphatic carbocycles. The Morgan fingerprint density at radius 3 is 2.47 bits per heavy atom. The Hall–Kier alpha value is -0.560. The van der Waals surface area contributed by atoms with Crippen LogP contribution in [0.3, 0.4) is 0 Å². The predicted octanol–water partition coefficient (Wildman–Crippen LogP) is 7.94. The van der Waals surface area contributed by atoms with Crippen molar-refractivity contribution >= 4 is 0 Å². The minimum Gasteiger partial charge on any atom is -0.393 e. The van der Waals surface area contributed by atoms with Crippen LogP contribution in [0.2, 0.25) is 0 Å². The molecule has 0 aromatic heterocycles. The summed E-state index contributed by atoms with van der Waals surface area (Å²) in [6, 6.07) is 0. The fourth-order valence-corrected chi connectivity index (χ4v) is 8.83. The van der Waals surface area contributed by atoms with E-state index in [-0.39, 0.29) is 6.10 Å². The van der Waals surface area contributed by atoms with E-state index in [9.17, 15) is 5.11 Å². The quantitative estimate of drug-likeness (QED) is 0.454. The monoisotopic (exact) mass is 412 g/mol. The summed E-state index contributed by atoms with van der Waals surface area (Å²) in [6.07, 6.45) is 17.9. The number of rotatable bonds is 5. The third-order valence-corrected chi connectivity index (χ3v) is 10.8. The topological polar surface area (TPSA) is 20.2 Å². The van der Waals surface area contributed by atoms with Crippen LogP contribution in [0, 0.1) is 46.3 Å². The normalized spacial score (nSPS) is 44.9. The molecule has 0 aliphatic heterocycles. The molecule has 8 atom stereocenters. The average Bonchev–Trinajstić information content (AvgIpc) is 3.06. The average molecular weight is 413 g/mol. The van der Waals surface area contributed by atoms with Gasteiger partial charge in [-0.05, 0) is 117 Å². The maximum Gasteiger partial charge on any atom is 0.0543 e. The lowest BCUT2D eigenvalue weighted by atomic mass is 9.47. The van der Waals surface area contributed by atoms with Crippen LogP contribution in [-0.4, -0.2) is 11.2 Å². The van der Waals surface area contributed by atoms with Crippen molar-refractivity contribution in [3.8, 4) is 0 Å². The summed E-state index contributed by atoms with van der Waals surface area (Å²) in [5.74, 6) is 4.77. The van der Waals surface area contributed by atoms with Gasteiger partial charge in [-0.25, -0.2) is 0 Å². The van der Waals surface area contributed by atoms with E-state index in [2.05, 4.69) is 53.7 Å². The van der Waals surface area contributed by atoms with Crippen molar-refractivity contribution in [3.63, 3.8) is 0 Å². The number of aliphatic hydroxyl groups is 1. The summed E-state index contributed by atoms with van der Waals surface area (Å²) < 4.78 is 0. The summed E-state index contributed by atoms with van der Waals surface area (Å²) in [5.41, 5.74) is 4.49. The summed E-state index contributed by atoms with van der Waals surface area (Å²) >= 11 is 0. The molecule has 170 valence electrons. The first-order chi connectivity index (χ1) is 14.2. The van der Waals surface area contributed by atoms with Gasteiger partial charge >= 0.3 is 0 Å². The molecule has 0 bridgehead atoms. The summed E-state index contributed by atoms with van der Waals surface area (Å²) in [5, 5.41) is 10.3. The predicted molar refractivity (Wildman–Crippen MR) is 128 cm³/mol. The molecule has 4 rings (SSSR count). The van der Waals surface area contributed by atoms with Crippen LogP contribution in [0.5, 0.6) is 0 Å². The van der Waals surface area contributed by atoms with E-state index in [0.29, 0.717) is 22.7 Å². The SMILES string of the molecule is C/C=C(\CC[C@@H](C)[C@H]1CC[C@H]2C3=CC[C@H]4C[C@@H](O)CC[C@]4(C)[C@H]3CC[C@]12C)C(C)C. The van der Waals surface area contributed by atoms with Gasteiger partial charge in [-0.3, -0.25) is 0 Å². The molecule has 0 aromatic carbocycles. The molecular weight excluding hydrogens is 364 g/mol. The van der Waals surface area contributed by atoms with E-state index < -0.39 is 0 Å². The lowest BCUT2D eigenvalue weighted by Gasteiger charge is -2.57. The summed E-state index contributed by atoms with van der Waals surface area (Å²) in [7, 11) is 0. The van der Waals surface area contributed by atoms with Crippen LogP contribution in [0.4, 0.5) is 0 Å². The highest BCUT2D eigenvalue weighted by Gasteiger charge is 2.58. The number of hydrogen-bond acceptors (Lipinski definition) is 1. The molecule has 1 nitrogen and oxygen atoms in total. The van der Waals surface area contributed by atoms with Gasteiger partial charge in [0.05, 0.1) is 6.10 Å². The van der Waals surface area contributed by atoms with Gasteiger partial charge in [0.2, 0.25) is 0 Å². The Labute approximate surface area is 186 Å². The zero-order valence-electron chi connectivity index (χ0n) is 20.7. The van der Waals surface area contributed by atoms with Gasteiger partial charge in [0.25, 0.3) is 0 Å². The fourth-order valence-electron chi connectivity index (χ4n) is 8.83. The van der Waals surface area contributed by atoms with E-state index in [0.717, 1.165) is 36.5 Å². The second-order valence-corrected chi connectivity index (χ2v) is 12.4. The highest BCUT2D eigenvalue weighted by molar-refractivity contribution is 5.27. The maximum atomic E-state index is 10.3. The number of aliphatic hydroxyl groups excluding tert-OH is 1. The highest BCUT2D eigenvalue weighted by atomic mass is 16.3. The summed E-state index contributed by atoms with van der Waals surface area (Å²) in [4.78, 5) is 0. The van der Waals surface area contributed by atoms with Crippen LogP contribution in [-0.2, 0) is 0 Å². The fraction of sp³-hybridized carbons (Fsp3) is 0.862. The molecule has 4 aliphatic rings. The number of fused-ring (bicyclic) bond motifs is 5. The van der Waals surface area contributed by atoms with Crippen molar-refractivity contribution in [2.45, 2.75) is 112 Å². The lowest BCUT2D eigenvalue weighted by Crippen LogP contribution is -2.49. The first-order valence-corrected chi connectivity index (χ1v) is 13.2. The molecule has 3 saturated carbocycles. The van der Waals surface area contributed by atoms with E-state index >= 15 is 0 Å². The minimum absolute atomic E-state index is 0.0449. The Morgan fingerprint density at radius 2 is 1.77 bits per heavy atom. The minimum atomic E-state index is -0.0449. The maximum absolute atomic E-state index is 10.3. The molecule has 3 fully saturated rings. The first-order valence-electron chi connectivity index (χ1n) is 13.2. The van der Waals surface area contributed by atoms with Crippen molar-refractivity contribution in [2.24, 2.45) is 46.3 Å². The molecule has 0 heterocycles. The van der Waals surface area contributed by atoms with Gasteiger partial charge in [-0.2, -0.15) is 0 Å². The standard InChI is InChI=1S/C29H48O/c1-7-21(19(2)3)9-8-20(4)25-12-13-26-24-11-10-22-18-23(30)14-16-28(22,5)27(24)15-17-29(25,26)6/h7,11,19-20,22-23,25-27,30H,8-10,12-18H2,1-6H3/b21-7+/t20-,22+,23+,25-,26+,27+,28+,29-/m1/s1. The van der Waals surface area contributed by atoms with Gasteiger partial charge in [-0.15, -0.1) is 0 Å². The van der Waals surface area contributed by atoms with Crippen LogP contribution >= 0.6 is 0 Å². The van der Waals surface area contributed by atoms with Gasteiger partial charge in [0.15, 0.2) is 0 Å². The smallest absolute Gasteiger partial charge is 0.0543 e. The Bertz CT molecular complexity index is 686. The van der Waals surface area contributed by atoms with Gasteiger partial charge < -0.3 is 5.11 Å². The van der Waals surface area contributed by atoms with E-state index in [1.807, 2.05) is 5.57 Å². The van der Waals surface area contributed by atoms with Gasteiger partial charge in [-0.1, -0.05) is 57.9 Å². The largest absolute Gasteiger partial charge is 0.393 e. The van der Waals surface area contributed by atoms with Crippen molar-refractivity contribution in [1.29, 1.82) is 0 Å².